The van der Waals surface area contributed by atoms with Gasteiger partial charge in [-0.15, -0.1) is 0 Å². The molecule has 4 aromatic heterocycles. The van der Waals surface area contributed by atoms with Crippen molar-refractivity contribution in [3.8, 4) is 22.5 Å². The molecule has 0 unspecified atom stereocenters. The molecule has 8 aromatic rings. The molecular weight excluding hydrogens is 932 g/mol. The quantitative estimate of drug-likeness (QED) is 0.105. The number of imidazole rings is 2. The van der Waals surface area contributed by atoms with E-state index in [2.05, 4.69) is 129 Å². The molecule has 16 heteroatoms. The number of anilines is 6. The number of halogens is 2. The topological polar surface area (TPSA) is 130 Å². The molecule has 0 aliphatic carbocycles. The Labute approximate surface area is 423 Å². The van der Waals surface area contributed by atoms with Gasteiger partial charge in [-0.05, 0) is 128 Å². The van der Waals surface area contributed by atoms with E-state index >= 15 is 0 Å². The van der Waals surface area contributed by atoms with Crippen molar-refractivity contribution in [2.75, 3.05) is 79.3 Å². The molecule has 4 aliphatic rings. The van der Waals surface area contributed by atoms with Gasteiger partial charge in [0.2, 0.25) is 0 Å². The summed E-state index contributed by atoms with van der Waals surface area (Å²) in [5.74, 6) is -0.0156. The van der Waals surface area contributed by atoms with E-state index in [9.17, 15) is 9.59 Å². The molecule has 2 saturated heterocycles. The van der Waals surface area contributed by atoms with Gasteiger partial charge in [0.05, 0.1) is 44.2 Å². The monoisotopic (exact) mass is 986 g/mol. The third-order valence-electron chi connectivity index (χ3n) is 14.3. The lowest BCUT2D eigenvalue weighted by Gasteiger charge is -2.38. The number of hydrogen-bond acceptors (Lipinski definition) is 10. The third kappa shape index (κ3) is 9.24. The van der Waals surface area contributed by atoms with Crippen molar-refractivity contribution in [1.29, 1.82) is 0 Å². The Morgan fingerprint density at radius 1 is 0.577 bits per heavy atom. The highest BCUT2D eigenvalue weighted by atomic mass is 35.5. The number of likely N-dealkylation sites (N-methyl/N-ethyl adjacent to an activating group) is 1. The maximum absolute atomic E-state index is 11.9. The lowest BCUT2D eigenvalue weighted by Crippen LogP contribution is -2.49. The van der Waals surface area contributed by atoms with Gasteiger partial charge in [0.25, 0.3) is 11.8 Å². The molecule has 362 valence electrons. The van der Waals surface area contributed by atoms with Crippen LogP contribution in [0.4, 0.5) is 34.1 Å². The minimum absolute atomic E-state index is 0.00762. The van der Waals surface area contributed by atoms with E-state index in [1.165, 1.54) is 0 Å². The average molecular weight is 988 g/mol. The smallest absolute Gasteiger partial charge is 0.251 e. The predicted octanol–water partition coefficient (Wildman–Crippen LogP) is 9.96. The normalized spacial score (nSPS) is 16.0. The summed E-state index contributed by atoms with van der Waals surface area (Å²) in [4.78, 5) is 42.7. The molecule has 8 heterocycles. The summed E-state index contributed by atoms with van der Waals surface area (Å²) in [6.07, 6.45) is 7.52. The maximum Gasteiger partial charge on any atom is 0.251 e. The highest BCUT2D eigenvalue weighted by molar-refractivity contribution is 6.34. The number of nitrogens with one attached hydrogen (secondary N) is 4. The molecule has 4 aromatic carbocycles. The maximum atomic E-state index is 11.9. The van der Waals surface area contributed by atoms with E-state index in [1.807, 2.05) is 60.9 Å². The fraction of sp³-hybridized carbons (Fsp3) is 0.273. The molecule has 4 N–H and O–H groups in total. The zero-order valence-corrected chi connectivity index (χ0v) is 41.6. The number of amides is 2. The first-order chi connectivity index (χ1) is 34.6. The second-order valence-electron chi connectivity index (χ2n) is 18.7. The van der Waals surface area contributed by atoms with Crippen molar-refractivity contribution >= 4 is 80.4 Å². The van der Waals surface area contributed by atoms with E-state index in [0.717, 1.165) is 159 Å². The minimum Gasteiger partial charge on any atom is -0.368 e. The van der Waals surface area contributed by atoms with Crippen LogP contribution >= 0.6 is 23.2 Å². The molecule has 0 radical (unpaired) electrons. The van der Waals surface area contributed by atoms with Crippen molar-refractivity contribution in [2.45, 2.75) is 39.9 Å². The summed E-state index contributed by atoms with van der Waals surface area (Å²) in [5, 5.41) is 14.3. The first-order valence-electron chi connectivity index (χ1n) is 24.4. The molecule has 0 spiro atoms. The van der Waals surface area contributed by atoms with Gasteiger partial charge in [0.15, 0.2) is 11.3 Å². The zero-order chi connectivity index (χ0) is 48.8. The van der Waals surface area contributed by atoms with Crippen LogP contribution in [0.25, 0.3) is 33.8 Å². The first-order valence-corrected chi connectivity index (χ1v) is 25.2. The average Bonchev–Trinajstić information content (AvgIpc) is 4.23. The van der Waals surface area contributed by atoms with Gasteiger partial charge in [-0.1, -0.05) is 42.3 Å². The fourth-order valence-corrected chi connectivity index (χ4v) is 10.9. The van der Waals surface area contributed by atoms with Crippen LogP contribution in [0.5, 0.6) is 0 Å². The molecule has 71 heavy (non-hydrogen) atoms. The Kier molecular flexibility index (Phi) is 12.8. The molecular formula is C55H56Cl2N12O2. The number of benzene rings is 4. The standard InChI is InChI=1S/C28H29ClN6O.C27H27ClN6O/c1-18(2)33-11-13-34(14-12-33)26-7-4-21(16-23(26)29)32-24-6-8-25(35-10-9-30-27(24)35)19-3-5-22-20(15-19)17-31-28(22)36;1-2-32-11-13-33(14-12-32)25-7-4-20(16-22(25)28)31-23-6-8-24(34-10-9-29-26(23)34)18-3-5-21-19(15-18)17-30-27(21)35/h3-10,15-16,18,32H,11-14,17H2,1-2H3,(H,31,36);3-10,15-16,31H,2,11-14,17H2,1H3,(H,30,35). The highest BCUT2D eigenvalue weighted by Crippen LogP contribution is 2.36. The van der Waals surface area contributed by atoms with Crippen molar-refractivity contribution in [1.82, 2.24) is 39.2 Å². The van der Waals surface area contributed by atoms with Gasteiger partial charge in [-0.3, -0.25) is 23.3 Å². The van der Waals surface area contributed by atoms with Crippen molar-refractivity contribution in [3.63, 3.8) is 0 Å². The zero-order valence-electron chi connectivity index (χ0n) is 40.1. The van der Waals surface area contributed by atoms with E-state index in [0.29, 0.717) is 19.1 Å². The summed E-state index contributed by atoms with van der Waals surface area (Å²) in [7, 11) is 0. The largest absolute Gasteiger partial charge is 0.368 e. The van der Waals surface area contributed by atoms with E-state index in [1.54, 1.807) is 12.4 Å². The number of pyridine rings is 2. The number of aromatic nitrogens is 4. The van der Waals surface area contributed by atoms with Gasteiger partial charge in [0, 0.05) is 119 Å². The van der Waals surface area contributed by atoms with Gasteiger partial charge in [-0.25, -0.2) is 9.97 Å². The summed E-state index contributed by atoms with van der Waals surface area (Å²) < 4.78 is 4.13. The van der Waals surface area contributed by atoms with Crippen LogP contribution in [0, 0.1) is 0 Å². The Morgan fingerprint density at radius 3 is 1.48 bits per heavy atom. The Balaban J connectivity index is 0.000000154. The summed E-state index contributed by atoms with van der Waals surface area (Å²) in [5.41, 5.74) is 15.1. The number of hydrogen-bond donors (Lipinski definition) is 4. The predicted molar refractivity (Wildman–Crippen MR) is 286 cm³/mol. The second-order valence-corrected chi connectivity index (χ2v) is 19.6. The molecule has 4 aliphatic heterocycles. The van der Waals surface area contributed by atoms with Gasteiger partial charge in [-0.2, -0.15) is 0 Å². The molecule has 0 saturated carbocycles. The van der Waals surface area contributed by atoms with Gasteiger partial charge >= 0.3 is 0 Å². The second kappa shape index (κ2) is 19.6. The number of carbonyl (C=O) groups excluding carboxylic acids is 2. The Hall–Kier alpha value is -7.10. The van der Waals surface area contributed by atoms with Crippen molar-refractivity contribution < 1.29 is 9.59 Å². The van der Waals surface area contributed by atoms with Crippen LogP contribution in [0.2, 0.25) is 10.0 Å². The number of carbonyl (C=O) groups is 2. The Bertz CT molecular complexity index is 3310. The third-order valence-corrected chi connectivity index (χ3v) is 14.9. The lowest BCUT2D eigenvalue weighted by atomic mass is 10.0. The van der Waals surface area contributed by atoms with E-state index < -0.39 is 0 Å². The summed E-state index contributed by atoms with van der Waals surface area (Å²) in [6.45, 7) is 17.1. The SMILES string of the molecule is CC(C)N1CCN(c2ccc(Nc3ccc(-c4ccc5c(c4)CNC5=O)n4ccnc34)cc2Cl)CC1.CCN1CCN(c2ccc(Nc3ccc(-c4ccc5c(c4)CNC5=O)n4ccnc34)cc2Cl)CC1. The number of fused-ring (bicyclic) bond motifs is 4. The summed E-state index contributed by atoms with van der Waals surface area (Å²) >= 11 is 13.5. The number of nitrogens with zero attached hydrogens (tertiary/aromatic N) is 8. The van der Waals surface area contributed by atoms with Crippen LogP contribution in [0.3, 0.4) is 0 Å². The first kappa shape index (κ1) is 46.3. The fourth-order valence-electron chi connectivity index (χ4n) is 10.3. The number of piperazine rings is 2. The molecule has 2 fully saturated rings. The molecule has 0 bridgehead atoms. The molecule has 2 amide bonds. The van der Waals surface area contributed by atoms with E-state index in [-0.39, 0.29) is 11.8 Å². The van der Waals surface area contributed by atoms with E-state index in [4.69, 9.17) is 23.2 Å². The van der Waals surface area contributed by atoms with Crippen LogP contribution in [-0.2, 0) is 13.1 Å². The minimum atomic E-state index is -0.00799. The van der Waals surface area contributed by atoms with Crippen LogP contribution in [-0.4, -0.2) is 105 Å². The molecule has 14 nitrogen and oxygen atoms in total. The van der Waals surface area contributed by atoms with Crippen LogP contribution in [0.1, 0.15) is 52.6 Å². The summed E-state index contributed by atoms with van der Waals surface area (Å²) in [6, 6.07) is 33.1. The number of rotatable bonds is 10. The van der Waals surface area contributed by atoms with Gasteiger partial charge in [0.1, 0.15) is 0 Å². The Morgan fingerprint density at radius 2 is 1.04 bits per heavy atom. The van der Waals surface area contributed by atoms with Gasteiger partial charge < -0.3 is 36.0 Å². The van der Waals surface area contributed by atoms with Crippen LogP contribution < -0.4 is 31.1 Å². The lowest BCUT2D eigenvalue weighted by molar-refractivity contribution is 0.0957. The van der Waals surface area contributed by atoms with Crippen LogP contribution in [0.15, 0.2) is 122 Å². The van der Waals surface area contributed by atoms with Crippen molar-refractivity contribution in [3.05, 3.63) is 154 Å². The highest BCUT2D eigenvalue weighted by Gasteiger charge is 2.24. The van der Waals surface area contributed by atoms with Crippen molar-refractivity contribution in [2.24, 2.45) is 0 Å². The molecule has 12 rings (SSSR count). The molecule has 0 atom stereocenters.